The molecule has 2 heterocycles. The molecular weight excluding hydrogens is 570 g/mol. The van der Waals surface area contributed by atoms with Crippen molar-refractivity contribution in [2.45, 2.75) is 24.8 Å². The van der Waals surface area contributed by atoms with Crippen LogP contribution in [0.2, 0.25) is 0 Å². The Labute approximate surface area is 255 Å². The van der Waals surface area contributed by atoms with Crippen LogP contribution in [0.15, 0.2) is 91.0 Å². The van der Waals surface area contributed by atoms with Gasteiger partial charge in [-0.15, -0.1) is 0 Å². The molecule has 232 valence electrons. The van der Waals surface area contributed by atoms with Gasteiger partial charge in [0, 0.05) is 55.9 Å². The van der Waals surface area contributed by atoms with E-state index in [2.05, 4.69) is 26.8 Å². The molecule has 0 aromatic heterocycles. The van der Waals surface area contributed by atoms with E-state index in [9.17, 15) is 23.2 Å². The van der Waals surface area contributed by atoms with Crippen LogP contribution in [-0.2, 0) is 14.4 Å². The Balaban J connectivity index is 0.000000488. The highest BCUT2D eigenvalue weighted by Crippen LogP contribution is 2.39. The fourth-order valence-electron chi connectivity index (χ4n) is 5.69. The minimum Gasteiger partial charge on any atom is -0.478 e. The van der Waals surface area contributed by atoms with Crippen molar-refractivity contribution in [1.82, 2.24) is 9.80 Å². The smallest absolute Gasteiger partial charge is 0.328 e. The lowest BCUT2D eigenvalue weighted by Crippen LogP contribution is -2.56. The third-order valence-corrected chi connectivity index (χ3v) is 7.87. The number of hydrogen-bond acceptors (Lipinski definition) is 6. The van der Waals surface area contributed by atoms with Gasteiger partial charge in [0.1, 0.15) is 17.2 Å². The lowest BCUT2D eigenvalue weighted by Gasteiger charge is -2.43. The van der Waals surface area contributed by atoms with Gasteiger partial charge in [-0.3, -0.25) is 4.79 Å². The van der Waals surface area contributed by atoms with Gasteiger partial charge in [0.15, 0.2) is 0 Å². The minimum absolute atomic E-state index is 0.213. The second kappa shape index (κ2) is 14.6. The number of amides is 1. The molecule has 2 aliphatic heterocycles. The first-order valence-electron chi connectivity index (χ1n) is 14.3. The quantitative estimate of drug-likeness (QED) is 0.329. The van der Waals surface area contributed by atoms with E-state index in [0.717, 1.165) is 62.5 Å². The van der Waals surface area contributed by atoms with E-state index in [1.165, 1.54) is 24.3 Å². The van der Waals surface area contributed by atoms with Crippen LogP contribution in [0.25, 0.3) is 0 Å². The van der Waals surface area contributed by atoms with Gasteiger partial charge in [-0.05, 0) is 86.5 Å². The average Bonchev–Trinajstić information content (AvgIpc) is 3.26. The zero-order valence-electron chi connectivity index (χ0n) is 24.5. The molecule has 0 aliphatic carbocycles. The number of para-hydroxylation sites is 1. The number of hydrogen-bond donors (Lipinski definition) is 2. The standard InChI is InChI=1S/C29H32F2N4O.C4H4O4/c1-32-22-35(27-6-3-2-4-7-27)29(28(32)36)16-20-33(21-17-29)18-5-19-34(25-12-8-23(30)9-13-25)26-14-10-24(31)11-15-26;5-3(6)1-2-4(7)8/h2-4,6-15H,5,16-22H2,1H3;1-2H,(H,5,6)(H,7,8)/b;2-1+. The van der Waals surface area contributed by atoms with Gasteiger partial charge in [0.2, 0.25) is 5.91 Å². The molecule has 5 rings (SSSR count). The molecule has 0 unspecified atom stereocenters. The maximum atomic E-state index is 13.5. The number of carbonyl (C=O) groups excluding carboxylic acids is 1. The molecule has 0 atom stereocenters. The molecule has 11 heteroatoms. The number of carboxylic acid groups (broad SMARTS) is 2. The van der Waals surface area contributed by atoms with Crippen molar-refractivity contribution in [3.8, 4) is 0 Å². The number of benzene rings is 3. The number of piperidine rings is 1. The van der Waals surface area contributed by atoms with E-state index in [1.54, 1.807) is 24.3 Å². The first-order valence-corrected chi connectivity index (χ1v) is 14.3. The summed E-state index contributed by atoms with van der Waals surface area (Å²) in [7, 11) is 1.89. The number of aliphatic carboxylic acids is 2. The summed E-state index contributed by atoms with van der Waals surface area (Å²) in [4.78, 5) is 41.0. The summed E-state index contributed by atoms with van der Waals surface area (Å²) in [5.74, 6) is -2.86. The van der Waals surface area contributed by atoms with Crippen LogP contribution in [0.4, 0.5) is 25.8 Å². The average molecular weight is 607 g/mol. The molecule has 2 saturated heterocycles. The molecule has 9 nitrogen and oxygen atoms in total. The third-order valence-electron chi connectivity index (χ3n) is 7.87. The fraction of sp³-hybridized carbons (Fsp3) is 0.303. The van der Waals surface area contributed by atoms with Gasteiger partial charge in [0.05, 0.1) is 6.67 Å². The van der Waals surface area contributed by atoms with Gasteiger partial charge in [-0.25, -0.2) is 18.4 Å². The lowest BCUT2D eigenvalue weighted by molar-refractivity contribution is -0.134. The Hall–Kier alpha value is -4.77. The normalized spacial score (nSPS) is 16.2. The first kappa shape index (κ1) is 32.2. The second-order valence-corrected chi connectivity index (χ2v) is 10.7. The number of carbonyl (C=O) groups is 3. The van der Waals surface area contributed by atoms with Crippen LogP contribution in [-0.4, -0.2) is 83.3 Å². The first-order chi connectivity index (χ1) is 21.1. The van der Waals surface area contributed by atoms with Gasteiger partial charge >= 0.3 is 11.9 Å². The highest BCUT2D eigenvalue weighted by Gasteiger charge is 2.52. The predicted molar refractivity (Wildman–Crippen MR) is 164 cm³/mol. The molecule has 2 fully saturated rings. The number of anilines is 3. The molecule has 0 saturated carbocycles. The van der Waals surface area contributed by atoms with Crippen molar-refractivity contribution < 1.29 is 33.4 Å². The Morgan fingerprint density at radius 2 is 1.34 bits per heavy atom. The number of halogens is 2. The van der Waals surface area contributed by atoms with Crippen LogP contribution < -0.4 is 9.80 Å². The molecule has 0 bridgehead atoms. The Morgan fingerprint density at radius 1 is 0.841 bits per heavy atom. The Kier molecular flexibility index (Phi) is 10.7. The van der Waals surface area contributed by atoms with Crippen molar-refractivity contribution in [2.75, 3.05) is 49.7 Å². The van der Waals surface area contributed by atoms with E-state index in [4.69, 9.17) is 10.2 Å². The fourth-order valence-corrected chi connectivity index (χ4v) is 5.69. The van der Waals surface area contributed by atoms with E-state index < -0.39 is 17.5 Å². The van der Waals surface area contributed by atoms with E-state index in [0.29, 0.717) is 18.8 Å². The van der Waals surface area contributed by atoms with Crippen LogP contribution in [0.3, 0.4) is 0 Å². The van der Waals surface area contributed by atoms with E-state index in [1.807, 2.05) is 30.1 Å². The van der Waals surface area contributed by atoms with E-state index in [-0.39, 0.29) is 17.5 Å². The maximum absolute atomic E-state index is 13.5. The highest BCUT2D eigenvalue weighted by molar-refractivity contribution is 5.93. The molecule has 1 spiro atoms. The molecule has 2 aliphatic rings. The van der Waals surface area contributed by atoms with Gasteiger partial charge in [-0.2, -0.15) is 0 Å². The van der Waals surface area contributed by atoms with E-state index >= 15 is 0 Å². The van der Waals surface area contributed by atoms with Gasteiger partial charge < -0.3 is 29.8 Å². The Morgan fingerprint density at radius 3 is 1.82 bits per heavy atom. The largest absolute Gasteiger partial charge is 0.478 e. The number of carboxylic acids is 2. The molecule has 3 aromatic carbocycles. The summed E-state index contributed by atoms with van der Waals surface area (Å²) >= 11 is 0. The second-order valence-electron chi connectivity index (χ2n) is 10.7. The van der Waals surface area contributed by atoms with Crippen molar-refractivity contribution in [2.24, 2.45) is 0 Å². The van der Waals surface area contributed by atoms with Crippen molar-refractivity contribution in [3.63, 3.8) is 0 Å². The monoisotopic (exact) mass is 606 g/mol. The zero-order valence-corrected chi connectivity index (χ0v) is 24.5. The van der Waals surface area contributed by atoms with Crippen LogP contribution in [0.5, 0.6) is 0 Å². The number of nitrogens with zero attached hydrogens (tertiary/aromatic N) is 4. The molecule has 44 heavy (non-hydrogen) atoms. The molecule has 3 aromatic rings. The summed E-state index contributed by atoms with van der Waals surface area (Å²) in [6, 6.07) is 23.0. The predicted octanol–water partition coefficient (Wildman–Crippen LogP) is 4.98. The summed E-state index contributed by atoms with van der Waals surface area (Å²) in [6.45, 7) is 3.94. The number of likely N-dealkylation sites (tertiary alicyclic amines) is 1. The highest BCUT2D eigenvalue weighted by atomic mass is 19.1. The zero-order chi connectivity index (χ0) is 31.7. The van der Waals surface area contributed by atoms with Crippen molar-refractivity contribution in [1.29, 1.82) is 0 Å². The summed E-state index contributed by atoms with van der Waals surface area (Å²) in [5, 5.41) is 15.6. The molecule has 2 N–H and O–H groups in total. The number of likely N-dealkylation sites (N-methyl/N-ethyl adjacent to an activating group) is 1. The number of rotatable bonds is 9. The van der Waals surface area contributed by atoms with Crippen LogP contribution in [0, 0.1) is 11.6 Å². The molecular formula is C33H36F2N4O5. The molecule has 0 radical (unpaired) electrons. The van der Waals surface area contributed by atoms with Gasteiger partial charge in [0.25, 0.3) is 0 Å². The topological polar surface area (TPSA) is 105 Å². The summed E-state index contributed by atoms with van der Waals surface area (Å²) < 4.78 is 27.0. The third kappa shape index (κ3) is 7.99. The van der Waals surface area contributed by atoms with Crippen molar-refractivity contribution >= 4 is 34.9 Å². The van der Waals surface area contributed by atoms with Crippen molar-refractivity contribution in [3.05, 3.63) is 103 Å². The van der Waals surface area contributed by atoms with Gasteiger partial charge in [-0.1, -0.05) is 18.2 Å². The lowest BCUT2D eigenvalue weighted by atomic mass is 9.85. The molecule has 1 amide bonds. The van der Waals surface area contributed by atoms with Crippen LogP contribution >= 0.6 is 0 Å². The summed E-state index contributed by atoms with van der Waals surface area (Å²) in [5.41, 5.74) is 2.37. The maximum Gasteiger partial charge on any atom is 0.328 e. The SMILES string of the molecule is CN1CN(c2ccccc2)C2(CCN(CCCN(c3ccc(F)cc3)c3ccc(F)cc3)CC2)C1=O.O=C(O)/C=C/C(=O)O. The van der Waals surface area contributed by atoms with Crippen LogP contribution in [0.1, 0.15) is 19.3 Å². The Bertz CT molecular complexity index is 1380. The summed E-state index contributed by atoms with van der Waals surface area (Å²) in [6.07, 6.45) is 3.60. The minimum atomic E-state index is -1.26.